The summed E-state index contributed by atoms with van der Waals surface area (Å²) in [4.78, 5) is 0.375. The monoisotopic (exact) mass is 239 g/mol. The number of sulfone groups is 1. The molecule has 1 saturated carbocycles. The molecule has 1 aliphatic rings. The Labute approximate surface area is 96.6 Å². The molecule has 1 aromatic rings. The molecule has 2 atom stereocenters. The van der Waals surface area contributed by atoms with Crippen LogP contribution in [0.3, 0.4) is 0 Å². The van der Waals surface area contributed by atoms with Gasteiger partial charge in [0.25, 0.3) is 0 Å². The van der Waals surface area contributed by atoms with E-state index in [9.17, 15) is 8.42 Å². The Hall–Kier alpha value is -0.870. The number of nitrogens with two attached hydrogens (primary N) is 1. The van der Waals surface area contributed by atoms with Gasteiger partial charge in [-0.2, -0.15) is 0 Å². The van der Waals surface area contributed by atoms with Gasteiger partial charge in [-0.3, -0.25) is 0 Å². The van der Waals surface area contributed by atoms with Crippen LogP contribution in [0.1, 0.15) is 25.3 Å². The lowest BCUT2D eigenvalue weighted by Gasteiger charge is -2.05. The molecule has 0 aliphatic heterocycles. The molecule has 0 radical (unpaired) electrons. The molecule has 1 aliphatic carbocycles. The minimum absolute atomic E-state index is 0.0795. The van der Waals surface area contributed by atoms with Crippen LogP contribution < -0.4 is 5.73 Å². The third-order valence-electron chi connectivity index (χ3n) is 3.56. The fourth-order valence-electron chi connectivity index (χ4n) is 2.25. The molecule has 1 aromatic carbocycles. The topological polar surface area (TPSA) is 60.2 Å². The molecule has 0 bridgehead atoms. The van der Waals surface area contributed by atoms with Gasteiger partial charge in [-0.05, 0) is 23.1 Å². The zero-order valence-corrected chi connectivity index (χ0v) is 10.6. The quantitative estimate of drug-likeness (QED) is 0.851. The number of benzene rings is 1. The van der Waals surface area contributed by atoms with Gasteiger partial charge in [0.05, 0.1) is 4.90 Å². The van der Waals surface area contributed by atoms with Gasteiger partial charge in [0.2, 0.25) is 0 Å². The molecule has 0 amide bonds. The smallest absolute Gasteiger partial charge is 0.175 e. The zero-order chi connectivity index (χ0) is 12.1. The molecular weight excluding hydrogens is 222 g/mol. The molecule has 4 heteroatoms. The Balaban J connectivity index is 2.40. The highest BCUT2D eigenvalue weighted by Crippen LogP contribution is 2.57. The SMILES string of the molecule is CC1(C)C(N)C1c1cccc(S(C)(=O)=O)c1. The molecule has 0 aromatic heterocycles. The molecule has 0 saturated heterocycles. The van der Waals surface area contributed by atoms with E-state index < -0.39 is 9.84 Å². The first-order chi connectivity index (χ1) is 7.24. The third kappa shape index (κ3) is 1.76. The van der Waals surface area contributed by atoms with E-state index in [1.807, 2.05) is 6.07 Å². The Morgan fingerprint density at radius 1 is 1.31 bits per heavy atom. The van der Waals surface area contributed by atoms with Gasteiger partial charge < -0.3 is 5.73 Å². The normalized spacial score (nSPS) is 27.8. The highest BCUT2D eigenvalue weighted by atomic mass is 32.2. The van der Waals surface area contributed by atoms with Crippen molar-refractivity contribution in [2.45, 2.75) is 30.7 Å². The molecule has 3 nitrogen and oxygen atoms in total. The number of rotatable bonds is 2. The van der Waals surface area contributed by atoms with Gasteiger partial charge in [0.15, 0.2) is 9.84 Å². The fourth-order valence-corrected chi connectivity index (χ4v) is 2.93. The van der Waals surface area contributed by atoms with Gasteiger partial charge in [-0.15, -0.1) is 0 Å². The van der Waals surface area contributed by atoms with Crippen LogP contribution in [0.15, 0.2) is 29.2 Å². The lowest BCUT2D eigenvalue weighted by Crippen LogP contribution is -2.06. The maximum Gasteiger partial charge on any atom is 0.175 e. The molecule has 2 rings (SSSR count). The van der Waals surface area contributed by atoms with Crippen molar-refractivity contribution in [1.29, 1.82) is 0 Å². The largest absolute Gasteiger partial charge is 0.327 e. The van der Waals surface area contributed by atoms with Crippen LogP contribution in [0.4, 0.5) is 0 Å². The Morgan fingerprint density at radius 3 is 2.31 bits per heavy atom. The second kappa shape index (κ2) is 3.31. The van der Waals surface area contributed by atoms with Crippen LogP contribution in [0.5, 0.6) is 0 Å². The molecule has 0 spiro atoms. The zero-order valence-electron chi connectivity index (χ0n) is 9.77. The summed E-state index contributed by atoms with van der Waals surface area (Å²) in [6.07, 6.45) is 1.23. The van der Waals surface area contributed by atoms with Gasteiger partial charge >= 0.3 is 0 Å². The highest BCUT2D eigenvalue weighted by molar-refractivity contribution is 7.90. The summed E-state index contributed by atoms with van der Waals surface area (Å²) in [7, 11) is -3.13. The van der Waals surface area contributed by atoms with Crippen LogP contribution in [0.2, 0.25) is 0 Å². The van der Waals surface area contributed by atoms with Crippen LogP contribution in [0.25, 0.3) is 0 Å². The Morgan fingerprint density at radius 2 is 1.88 bits per heavy atom. The molecule has 88 valence electrons. The molecular formula is C12H17NO2S. The second-order valence-corrected chi connectivity index (χ2v) is 7.19. The first kappa shape index (κ1) is 11.6. The van der Waals surface area contributed by atoms with Crippen molar-refractivity contribution in [3.8, 4) is 0 Å². The molecule has 0 heterocycles. The summed E-state index contributed by atoms with van der Waals surface area (Å²) >= 11 is 0. The van der Waals surface area contributed by atoms with Crippen molar-refractivity contribution in [3.05, 3.63) is 29.8 Å². The van der Waals surface area contributed by atoms with E-state index in [-0.39, 0.29) is 17.4 Å². The van der Waals surface area contributed by atoms with Crippen LogP contribution >= 0.6 is 0 Å². The molecule has 1 fully saturated rings. The lowest BCUT2D eigenvalue weighted by atomic mass is 10.0. The minimum atomic E-state index is -3.13. The number of hydrogen-bond donors (Lipinski definition) is 1. The van der Waals surface area contributed by atoms with E-state index in [0.29, 0.717) is 4.90 Å². The highest BCUT2D eigenvalue weighted by Gasteiger charge is 2.56. The first-order valence-electron chi connectivity index (χ1n) is 5.30. The predicted molar refractivity (Wildman–Crippen MR) is 64.0 cm³/mol. The standard InChI is InChI=1S/C12H17NO2S/c1-12(2)10(11(12)13)8-5-4-6-9(7-8)16(3,14)15/h4-7,10-11H,13H2,1-3H3. The molecule has 2 N–H and O–H groups in total. The number of hydrogen-bond acceptors (Lipinski definition) is 3. The lowest BCUT2D eigenvalue weighted by molar-refractivity contribution is 0.596. The average Bonchev–Trinajstić information content (AvgIpc) is 2.65. The summed E-state index contributed by atoms with van der Waals surface area (Å²) in [6, 6.07) is 7.23. The average molecular weight is 239 g/mol. The predicted octanol–water partition coefficient (Wildman–Crippen LogP) is 1.54. The van der Waals surface area contributed by atoms with Crippen molar-refractivity contribution < 1.29 is 8.42 Å². The van der Waals surface area contributed by atoms with E-state index in [4.69, 9.17) is 5.73 Å². The maximum atomic E-state index is 11.4. The summed E-state index contributed by atoms with van der Waals surface area (Å²) < 4.78 is 22.9. The van der Waals surface area contributed by atoms with E-state index in [2.05, 4.69) is 13.8 Å². The maximum absolute atomic E-state index is 11.4. The van der Waals surface area contributed by atoms with Crippen molar-refractivity contribution in [2.75, 3.05) is 6.26 Å². The first-order valence-corrected chi connectivity index (χ1v) is 7.19. The van der Waals surface area contributed by atoms with E-state index >= 15 is 0 Å². The molecule has 2 unspecified atom stereocenters. The van der Waals surface area contributed by atoms with Gasteiger partial charge in [-0.1, -0.05) is 26.0 Å². The van der Waals surface area contributed by atoms with Crippen molar-refractivity contribution >= 4 is 9.84 Å². The van der Waals surface area contributed by atoms with E-state index in [1.54, 1.807) is 18.2 Å². The van der Waals surface area contributed by atoms with E-state index in [0.717, 1.165) is 5.56 Å². The Bertz CT molecular complexity index is 520. The van der Waals surface area contributed by atoms with Gasteiger partial charge in [-0.25, -0.2) is 8.42 Å². The Kier molecular flexibility index (Phi) is 2.40. The van der Waals surface area contributed by atoms with Crippen LogP contribution in [0, 0.1) is 5.41 Å². The summed E-state index contributed by atoms with van der Waals surface area (Å²) in [5.74, 6) is 0.272. The van der Waals surface area contributed by atoms with Crippen LogP contribution in [-0.2, 0) is 9.84 Å². The fraction of sp³-hybridized carbons (Fsp3) is 0.500. The second-order valence-electron chi connectivity index (χ2n) is 5.17. The minimum Gasteiger partial charge on any atom is -0.327 e. The summed E-state index contributed by atoms with van der Waals surface area (Å²) in [5.41, 5.74) is 7.09. The summed E-state index contributed by atoms with van der Waals surface area (Å²) in [6.45, 7) is 4.21. The summed E-state index contributed by atoms with van der Waals surface area (Å²) in [5, 5.41) is 0. The van der Waals surface area contributed by atoms with Gasteiger partial charge in [0.1, 0.15) is 0 Å². The van der Waals surface area contributed by atoms with Crippen molar-refractivity contribution in [1.82, 2.24) is 0 Å². The van der Waals surface area contributed by atoms with Gasteiger partial charge in [0, 0.05) is 18.2 Å². The van der Waals surface area contributed by atoms with Crippen molar-refractivity contribution in [3.63, 3.8) is 0 Å². The van der Waals surface area contributed by atoms with Crippen molar-refractivity contribution in [2.24, 2.45) is 11.1 Å². The molecule has 16 heavy (non-hydrogen) atoms. The third-order valence-corrected chi connectivity index (χ3v) is 4.67. The van der Waals surface area contributed by atoms with E-state index in [1.165, 1.54) is 6.26 Å². The van der Waals surface area contributed by atoms with Crippen LogP contribution in [-0.4, -0.2) is 20.7 Å².